The molecule has 0 aliphatic carbocycles. The Kier molecular flexibility index (Phi) is 6.01. The molecule has 0 aliphatic heterocycles. The summed E-state index contributed by atoms with van der Waals surface area (Å²) in [5, 5.41) is 0. The minimum Gasteiger partial charge on any atom is -0.114 e. The van der Waals surface area contributed by atoms with Crippen LogP contribution in [0.15, 0.2) is 91.0 Å². The molecule has 0 saturated heterocycles. The maximum atomic E-state index is 7.17. The van der Waals surface area contributed by atoms with Crippen LogP contribution in [0.2, 0.25) is 0 Å². The summed E-state index contributed by atoms with van der Waals surface area (Å²) < 4.78 is 0. The minimum absolute atomic E-state index is 0.0372. The summed E-state index contributed by atoms with van der Waals surface area (Å²) >= 11 is 7.17. The molecule has 2 atom stereocenters. The maximum absolute atomic E-state index is 7.17. The molecule has 0 aromatic heterocycles. The highest BCUT2D eigenvalue weighted by atomic mass is 35.5. The molecule has 0 heterocycles. The number of benzene rings is 3. The third-order valence-corrected chi connectivity index (χ3v) is 6.31. The second-order valence-corrected chi connectivity index (χ2v) is 9.93. The van der Waals surface area contributed by atoms with Crippen molar-refractivity contribution in [2.24, 2.45) is 0 Å². The molecule has 0 saturated carbocycles. The van der Waals surface area contributed by atoms with Crippen LogP contribution in [-0.2, 0) is 15.7 Å². The normalized spacial score (nSPS) is 16.2. The fourth-order valence-corrected chi connectivity index (χ4v) is 5.12. The number of hydrogen-bond acceptors (Lipinski definition) is 0. The van der Waals surface area contributed by atoms with Gasteiger partial charge in [-0.1, -0.05) is 112 Å². The van der Waals surface area contributed by atoms with Crippen LogP contribution in [0.25, 0.3) is 0 Å². The highest BCUT2D eigenvalue weighted by Gasteiger charge is 2.40. The quantitative estimate of drug-likeness (QED) is 0.360. The molecule has 0 nitrogen and oxygen atoms in total. The Labute approximate surface area is 175 Å². The van der Waals surface area contributed by atoms with Crippen LogP contribution in [-0.4, -0.2) is 0 Å². The lowest BCUT2D eigenvalue weighted by molar-refractivity contribution is 0.282. The molecule has 0 N–H and O–H groups in total. The highest BCUT2D eigenvalue weighted by molar-refractivity contribution is 6.23. The molecule has 2 unspecified atom stereocenters. The first kappa shape index (κ1) is 20.7. The van der Waals surface area contributed by atoms with E-state index in [-0.39, 0.29) is 10.8 Å². The summed E-state index contributed by atoms with van der Waals surface area (Å²) in [6.45, 7) is 9.21. The van der Waals surface area contributed by atoms with E-state index >= 15 is 0 Å². The molecule has 0 radical (unpaired) electrons. The molecule has 1 heteroatoms. The molecule has 0 fully saturated rings. The monoisotopic (exact) mass is 390 g/mol. The van der Waals surface area contributed by atoms with E-state index in [4.69, 9.17) is 11.6 Å². The van der Waals surface area contributed by atoms with Gasteiger partial charge in [0.1, 0.15) is 0 Å². The van der Waals surface area contributed by atoms with Gasteiger partial charge in [-0.05, 0) is 47.3 Å². The summed E-state index contributed by atoms with van der Waals surface area (Å²) in [5.41, 5.74) is 3.87. The van der Waals surface area contributed by atoms with E-state index in [0.29, 0.717) is 0 Å². The lowest BCUT2D eigenvalue weighted by Crippen LogP contribution is -2.36. The second kappa shape index (κ2) is 8.13. The topological polar surface area (TPSA) is 0 Å². The van der Waals surface area contributed by atoms with Crippen molar-refractivity contribution < 1.29 is 0 Å². The Morgan fingerprint density at radius 3 is 1.39 bits per heavy atom. The number of hydrogen-bond donors (Lipinski definition) is 0. The zero-order valence-electron chi connectivity index (χ0n) is 17.5. The fraction of sp³-hybridized carbons (Fsp3) is 0.333. The molecular weight excluding hydrogens is 360 g/mol. The van der Waals surface area contributed by atoms with Crippen molar-refractivity contribution in [1.82, 2.24) is 0 Å². The van der Waals surface area contributed by atoms with Gasteiger partial charge in [-0.25, -0.2) is 0 Å². The van der Waals surface area contributed by atoms with Crippen LogP contribution in [0.1, 0.15) is 57.2 Å². The predicted molar refractivity (Wildman–Crippen MR) is 122 cm³/mol. The maximum Gasteiger partial charge on any atom is 0.0675 e. The van der Waals surface area contributed by atoms with Crippen LogP contribution < -0.4 is 0 Å². The Hall–Kier alpha value is -2.05. The molecular formula is C27H31Cl. The van der Waals surface area contributed by atoms with Crippen molar-refractivity contribution in [1.29, 1.82) is 0 Å². The van der Waals surface area contributed by atoms with Crippen LogP contribution in [0.3, 0.4) is 0 Å². The molecule has 0 aliphatic rings. The van der Waals surface area contributed by atoms with Gasteiger partial charge in [0, 0.05) is 0 Å². The summed E-state index contributed by atoms with van der Waals surface area (Å²) in [7, 11) is 0. The van der Waals surface area contributed by atoms with E-state index in [1.807, 2.05) is 6.07 Å². The average molecular weight is 391 g/mol. The molecule has 0 bridgehead atoms. The van der Waals surface area contributed by atoms with Crippen LogP contribution in [0.5, 0.6) is 0 Å². The molecule has 146 valence electrons. The van der Waals surface area contributed by atoms with Crippen molar-refractivity contribution in [3.63, 3.8) is 0 Å². The second-order valence-electron chi connectivity index (χ2n) is 9.09. The first-order valence-electron chi connectivity index (χ1n) is 10.1. The van der Waals surface area contributed by atoms with Crippen molar-refractivity contribution in [3.8, 4) is 0 Å². The lowest BCUT2D eigenvalue weighted by Gasteiger charge is -2.42. The highest BCUT2D eigenvalue weighted by Crippen LogP contribution is 2.48. The van der Waals surface area contributed by atoms with Crippen LogP contribution in [0.4, 0.5) is 0 Å². The van der Waals surface area contributed by atoms with Gasteiger partial charge in [0.15, 0.2) is 0 Å². The minimum atomic E-state index is -0.432. The van der Waals surface area contributed by atoms with Crippen LogP contribution >= 0.6 is 11.6 Å². The van der Waals surface area contributed by atoms with Crippen molar-refractivity contribution >= 4 is 11.6 Å². The van der Waals surface area contributed by atoms with Gasteiger partial charge < -0.3 is 0 Å². The molecule has 3 aromatic rings. The first-order valence-corrected chi connectivity index (χ1v) is 10.5. The summed E-state index contributed by atoms with van der Waals surface area (Å²) in [5.74, 6) is 0. The lowest BCUT2D eigenvalue weighted by atomic mass is 9.64. The Balaban J connectivity index is 1.99. The van der Waals surface area contributed by atoms with E-state index in [9.17, 15) is 0 Å². The predicted octanol–water partition coefficient (Wildman–Crippen LogP) is 7.86. The van der Waals surface area contributed by atoms with Gasteiger partial charge in [-0.3, -0.25) is 0 Å². The standard InChI is InChI=1S/C27H31Cl/c1-25(2,22-14-8-5-9-15-22)20-26(3,23-16-10-6-11-17-23)21-27(4,28)24-18-12-7-13-19-24/h5-19H,20-21H2,1-4H3. The van der Waals surface area contributed by atoms with E-state index in [2.05, 4.69) is 113 Å². The van der Waals surface area contributed by atoms with E-state index in [0.717, 1.165) is 12.8 Å². The Bertz CT molecular complexity index is 810. The van der Waals surface area contributed by atoms with Gasteiger partial charge in [-0.15, -0.1) is 11.6 Å². The van der Waals surface area contributed by atoms with Gasteiger partial charge >= 0.3 is 0 Å². The van der Waals surface area contributed by atoms with Gasteiger partial charge in [0.05, 0.1) is 4.87 Å². The third-order valence-electron chi connectivity index (χ3n) is 5.96. The summed E-state index contributed by atoms with van der Waals surface area (Å²) in [6.07, 6.45) is 1.88. The average Bonchev–Trinajstić information content (AvgIpc) is 2.69. The zero-order valence-corrected chi connectivity index (χ0v) is 18.2. The number of halogens is 1. The van der Waals surface area contributed by atoms with E-state index < -0.39 is 4.87 Å². The van der Waals surface area contributed by atoms with Gasteiger partial charge in [-0.2, -0.15) is 0 Å². The van der Waals surface area contributed by atoms with Crippen molar-refractivity contribution in [3.05, 3.63) is 108 Å². The summed E-state index contributed by atoms with van der Waals surface area (Å²) in [6, 6.07) is 32.2. The Morgan fingerprint density at radius 2 is 0.929 bits per heavy atom. The Morgan fingerprint density at radius 1 is 0.536 bits per heavy atom. The SMILES string of the molecule is CC(C)(CC(C)(CC(C)(Cl)c1ccccc1)c1ccccc1)c1ccccc1. The third kappa shape index (κ3) is 4.67. The largest absolute Gasteiger partial charge is 0.114 e. The number of alkyl halides is 1. The van der Waals surface area contributed by atoms with Crippen molar-refractivity contribution in [2.45, 2.75) is 56.2 Å². The molecule has 28 heavy (non-hydrogen) atoms. The van der Waals surface area contributed by atoms with E-state index in [1.165, 1.54) is 16.7 Å². The fourth-order valence-electron chi connectivity index (χ4n) is 4.69. The zero-order chi connectivity index (χ0) is 20.3. The molecule has 0 spiro atoms. The van der Waals surface area contributed by atoms with Gasteiger partial charge in [0.25, 0.3) is 0 Å². The molecule has 3 aromatic carbocycles. The van der Waals surface area contributed by atoms with Crippen molar-refractivity contribution in [2.75, 3.05) is 0 Å². The molecule has 3 rings (SSSR count). The number of rotatable bonds is 7. The van der Waals surface area contributed by atoms with Crippen LogP contribution in [0, 0.1) is 0 Å². The smallest absolute Gasteiger partial charge is 0.0675 e. The van der Waals surface area contributed by atoms with E-state index in [1.54, 1.807) is 0 Å². The summed E-state index contributed by atoms with van der Waals surface area (Å²) in [4.78, 5) is -0.432. The first-order chi connectivity index (χ1) is 13.2. The van der Waals surface area contributed by atoms with Gasteiger partial charge in [0.2, 0.25) is 0 Å². The molecule has 0 amide bonds.